The lowest BCUT2D eigenvalue weighted by Crippen LogP contribution is -1.93. The summed E-state index contributed by atoms with van der Waals surface area (Å²) < 4.78 is 1.25. The SMILES string of the molecule is CC(C)Cc1cc(C=O)sc1I. The van der Waals surface area contributed by atoms with Gasteiger partial charge in [0.25, 0.3) is 0 Å². The maximum atomic E-state index is 10.5. The third kappa shape index (κ3) is 2.55. The molecule has 0 bridgehead atoms. The van der Waals surface area contributed by atoms with E-state index in [9.17, 15) is 4.79 Å². The van der Waals surface area contributed by atoms with E-state index in [1.165, 1.54) is 8.45 Å². The van der Waals surface area contributed by atoms with Crippen LogP contribution in [0.4, 0.5) is 0 Å². The maximum Gasteiger partial charge on any atom is 0.160 e. The Morgan fingerprint density at radius 3 is 2.75 bits per heavy atom. The number of aldehydes is 1. The number of hydrogen-bond donors (Lipinski definition) is 0. The van der Waals surface area contributed by atoms with E-state index in [2.05, 4.69) is 36.4 Å². The summed E-state index contributed by atoms with van der Waals surface area (Å²) in [4.78, 5) is 11.3. The Balaban J connectivity index is 2.84. The lowest BCUT2D eigenvalue weighted by molar-refractivity contribution is 0.112. The molecule has 1 aromatic rings. The normalized spacial score (nSPS) is 10.7. The van der Waals surface area contributed by atoms with Crippen LogP contribution in [0.2, 0.25) is 0 Å². The molecule has 0 unspecified atom stereocenters. The standard InChI is InChI=1S/C9H11IOS/c1-6(2)3-7-4-8(5-11)12-9(7)10/h4-6H,3H2,1-2H3. The summed E-state index contributed by atoms with van der Waals surface area (Å²) in [7, 11) is 0. The van der Waals surface area contributed by atoms with Crippen molar-refractivity contribution in [2.75, 3.05) is 0 Å². The van der Waals surface area contributed by atoms with Gasteiger partial charge in [0.15, 0.2) is 6.29 Å². The summed E-state index contributed by atoms with van der Waals surface area (Å²) in [5.41, 5.74) is 1.32. The molecular formula is C9H11IOS. The molecule has 0 saturated carbocycles. The zero-order valence-corrected chi connectivity index (χ0v) is 10.1. The van der Waals surface area contributed by atoms with Gasteiger partial charge in [0.1, 0.15) is 0 Å². The number of halogens is 1. The lowest BCUT2D eigenvalue weighted by atomic mass is 10.1. The van der Waals surface area contributed by atoms with Crippen LogP contribution in [-0.4, -0.2) is 6.29 Å². The third-order valence-electron chi connectivity index (χ3n) is 1.52. The summed E-state index contributed by atoms with van der Waals surface area (Å²) >= 11 is 3.87. The van der Waals surface area contributed by atoms with Gasteiger partial charge in [-0.15, -0.1) is 11.3 Å². The Kier molecular flexibility index (Phi) is 3.71. The van der Waals surface area contributed by atoms with Gasteiger partial charge in [-0.3, -0.25) is 4.79 Å². The molecular weight excluding hydrogens is 283 g/mol. The Labute approximate surface area is 90.3 Å². The molecule has 0 aliphatic rings. The number of hydrogen-bond acceptors (Lipinski definition) is 2. The van der Waals surface area contributed by atoms with Gasteiger partial charge in [0.05, 0.1) is 7.76 Å². The topological polar surface area (TPSA) is 17.1 Å². The van der Waals surface area contributed by atoms with E-state index in [-0.39, 0.29) is 0 Å². The maximum absolute atomic E-state index is 10.5. The highest BCUT2D eigenvalue weighted by molar-refractivity contribution is 14.1. The largest absolute Gasteiger partial charge is 0.297 e. The second-order valence-electron chi connectivity index (χ2n) is 3.16. The van der Waals surface area contributed by atoms with E-state index in [0.29, 0.717) is 5.92 Å². The molecule has 0 aromatic carbocycles. The summed E-state index contributed by atoms with van der Waals surface area (Å²) in [5, 5.41) is 0. The van der Waals surface area contributed by atoms with Gasteiger partial charge in [-0.1, -0.05) is 13.8 Å². The Morgan fingerprint density at radius 2 is 2.33 bits per heavy atom. The highest BCUT2D eigenvalue weighted by atomic mass is 127. The molecule has 0 amide bonds. The van der Waals surface area contributed by atoms with E-state index >= 15 is 0 Å². The fourth-order valence-corrected chi connectivity index (χ4v) is 2.93. The number of carbonyl (C=O) groups excluding carboxylic acids is 1. The van der Waals surface area contributed by atoms with E-state index in [4.69, 9.17) is 0 Å². The predicted octanol–water partition coefficient (Wildman–Crippen LogP) is 3.36. The van der Waals surface area contributed by atoms with E-state index < -0.39 is 0 Å². The first-order valence-corrected chi connectivity index (χ1v) is 5.76. The van der Waals surface area contributed by atoms with E-state index in [0.717, 1.165) is 17.6 Å². The van der Waals surface area contributed by atoms with Crippen molar-refractivity contribution in [3.8, 4) is 0 Å². The van der Waals surface area contributed by atoms with Crippen LogP contribution in [-0.2, 0) is 6.42 Å². The molecule has 0 N–H and O–H groups in total. The van der Waals surface area contributed by atoms with Crippen molar-refractivity contribution < 1.29 is 4.79 Å². The monoisotopic (exact) mass is 294 g/mol. The average molecular weight is 294 g/mol. The molecule has 3 heteroatoms. The Morgan fingerprint density at radius 1 is 1.67 bits per heavy atom. The van der Waals surface area contributed by atoms with Crippen molar-refractivity contribution in [2.24, 2.45) is 5.92 Å². The predicted molar refractivity (Wildman–Crippen MR) is 61.0 cm³/mol. The van der Waals surface area contributed by atoms with Crippen LogP contribution >= 0.6 is 33.9 Å². The van der Waals surface area contributed by atoms with Gasteiger partial charge in [-0.2, -0.15) is 0 Å². The van der Waals surface area contributed by atoms with Crippen LogP contribution in [0, 0.1) is 8.80 Å². The van der Waals surface area contributed by atoms with Crippen LogP contribution in [0.1, 0.15) is 29.1 Å². The van der Waals surface area contributed by atoms with Crippen molar-refractivity contribution in [3.63, 3.8) is 0 Å². The summed E-state index contributed by atoms with van der Waals surface area (Å²) in [6, 6.07) is 2.00. The van der Waals surface area contributed by atoms with Crippen molar-refractivity contribution in [1.82, 2.24) is 0 Å². The first-order valence-electron chi connectivity index (χ1n) is 3.87. The number of carbonyl (C=O) groups is 1. The molecule has 0 atom stereocenters. The first-order chi connectivity index (χ1) is 5.63. The van der Waals surface area contributed by atoms with Gasteiger partial charge in [-0.25, -0.2) is 0 Å². The number of thiophene rings is 1. The molecule has 0 aliphatic carbocycles. The smallest absolute Gasteiger partial charge is 0.160 e. The van der Waals surface area contributed by atoms with Crippen molar-refractivity contribution in [3.05, 3.63) is 19.4 Å². The quantitative estimate of drug-likeness (QED) is 0.617. The fraction of sp³-hybridized carbons (Fsp3) is 0.444. The molecule has 12 heavy (non-hydrogen) atoms. The van der Waals surface area contributed by atoms with Gasteiger partial charge >= 0.3 is 0 Å². The summed E-state index contributed by atoms with van der Waals surface area (Å²) in [6.45, 7) is 4.38. The zero-order chi connectivity index (χ0) is 9.14. The van der Waals surface area contributed by atoms with Crippen molar-refractivity contribution in [2.45, 2.75) is 20.3 Å². The van der Waals surface area contributed by atoms with Gasteiger partial charge in [-0.05, 0) is 46.6 Å². The van der Waals surface area contributed by atoms with Crippen LogP contribution in [0.5, 0.6) is 0 Å². The summed E-state index contributed by atoms with van der Waals surface area (Å²) in [5.74, 6) is 0.660. The van der Waals surface area contributed by atoms with Crippen LogP contribution in [0.25, 0.3) is 0 Å². The van der Waals surface area contributed by atoms with Crippen LogP contribution in [0.15, 0.2) is 6.07 Å². The Bertz CT molecular complexity index is 278. The summed E-state index contributed by atoms with van der Waals surface area (Å²) in [6.07, 6.45) is 2.00. The fourth-order valence-electron chi connectivity index (χ4n) is 1.06. The highest BCUT2D eigenvalue weighted by Gasteiger charge is 2.07. The average Bonchev–Trinajstić information content (AvgIpc) is 2.31. The molecule has 1 rings (SSSR count). The van der Waals surface area contributed by atoms with Gasteiger partial charge < -0.3 is 0 Å². The van der Waals surface area contributed by atoms with Crippen LogP contribution < -0.4 is 0 Å². The van der Waals surface area contributed by atoms with Gasteiger partial charge in [0, 0.05) is 0 Å². The number of rotatable bonds is 3. The minimum absolute atomic E-state index is 0.660. The molecule has 0 aliphatic heterocycles. The Hall–Kier alpha value is 0.100. The zero-order valence-electron chi connectivity index (χ0n) is 7.13. The molecule has 66 valence electrons. The molecule has 0 radical (unpaired) electrons. The van der Waals surface area contributed by atoms with Gasteiger partial charge in [0.2, 0.25) is 0 Å². The van der Waals surface area contributed by atoms with Crippen molar-refractivity contribution >= 4 is 40.2 Å². The second-order valence-corrected chi connectivity index (χ2v) is 6.06. The minimum atomic E-state index is 0.660. The van der Waals surface area contributed by atoms with E-state index in [1.807, 2.05) is 6.07 Å². The van der Waals surface area contributed by atoms with Crippen LogP contribution in [0.3, 0.4) is 0 Å². The molecule has 1 nitrogen and oxygen atoms in total. The molecule has 0 saturated heterocycles. The van der Waals surface area contributed by atoms with E-state index in [1.54, 1.807) is 11.3 Å². The molecule has 1 aromatic heterocycles. The first kappa shape index (κ1) is 10.2. The highest BCUT2D eigenvalue weighted by Crippen LogP contribution is 2.25. The second kappa shape index (κ2) is 4.37. The molecule has 0 spiro atoms. The minimum Gasteiger partial charge on any atom is -0.297 e. The lowest BCUT2D eigenvalue weighted by Gasteiger charge is -2.01. The molecule has 0 fully saturated rings. The molecule has 1 heterocycles. The third-order valence-corrected chi connectivity index (χ3v) is 3.77. The van der Waals surface area contributed by atoms with Crippen molar-refractivity contribution in [1.29, 1.82) is 0 Å².